The smallest absolute Gasteiger partial charge is 0.232 e. The van der Waals surface area contributed by atoms with Crippen molar-refractivity contribution in [1.82, 2.24) is 15.3 Å². The second-order valence-electron chi connectivity index (χ2n) is 9.23. The molecular weight excluding hydrogens is 488 g/mol. The second-order valence-corrected chi connectivity index (χ2v) is 9.64. The molecule has 0 amide bonds. The van der Waals surface area contributed by atoms with Crippen LogP contribution in [0.3, 0.4) is 0 Å². The fourth-order valence-electron chi connectivity index (χ4n) is 4.81. The minimum absolute atomic E-state index is 0.462. The molecule has 6 rings (SSSR count). The number of hydrogen-bond donors (Lipinski definition) is 2. The Morgan fingerprint density at radius 3 is 2.43 bits per heavy atom. The van der Waals surface area contributed by atoms with Gasteiger partial charge >= 0.3 is 0 Å². The lowest BCUT2D eigenvalue weighted by Gasteiger charge is -2.32. The minimum atomic E-state index is 0.462. The number of aromatic nitrogens is 2. The van der Waals surface area contributed by atoms with Crippen LogP contribution in [0.1, 0.15) is 16.7 Å². The van der Waals surface area contributed by atoms with Crippen LogP contribution >= 0.6 is 12.2 Å². The van der Waals surface area contributed by atoms with E-state index in [9.17, 15) is 0 Å². The van der Waals surface area contributed by atoms with Gasteiger partial charge in [-0.25, -0.2) is 0 Å². The molecule has 0 bridgehead atoms. The molecule has 2 aromatic carbocycles. The highest BCUT2D eigenvalue weighted by atomic mass is 32.1. The Bertz CT molecular complexity index is 1280. The Morgan fingerprint density at radius 2 is 1.59 bits per heavy atom. The van der Waals surface area contributed by atoms with Gasteiger partial charge in [0.1, 0.15) is 24.8 Å². The molecule has 1 saturated heterocycles. The van der Waals surface area contributed by atoms with E-state index >= 15 is 0 Å². The summed E-state index contributed by atoms with van der Waals surface area (Å²) in [7, 11) is 0. The number of anilines is 3. The van der Waals surface area contributed by atoms with Crippen molar-refractivity contribution in [3.8, 4) is 11.5 Å². The first-order chi connectivity index (χ1) is 18.2. The molecule has 3 aliphatic rings. The summed E-state index contributed by atoms with van der Waals surface area (Å²) in [6, 6.07) is 16.6. The molecule has 2 N–H and O–H groups in total. The number of ether oxygens (including phenoxy) is 3. The lowest BCUT2D eigenvalue weighted by molar-refractivity contribution is 0.122. The minimum Gasteiger partial charge on any atom is -0.486 e. The highest BCUT2D eigenvalue weighted by Crippen LogP contribution is 2.31. The zero-order chi connectivity index (χ0) is 25.0. The average molecular weight is 519 g/mol. The summed E-state index contributed by atoms with van der Waals surface area (Å²) in [6.07, 6.45) is 0.991. The Labute approximate surface area is 221 Å². The maximum atomic E-state index is 5.69. The summed E-state index contributed by atoms with van der Waals surface area (Å²) < 4.78 is 16.9. The summed E-state index contributed by atoms with van der Waals surface area (Å²) in [6.45, 7) is 6.38. The molecule has 0 saturated carbocycles. The van der Waals surface area contributed by atoms with Crippen molar-refractivity contribution < 1.29 is 14.2 Å². The van der Waals surface area contributed by atoms with Crippen LogP contribution in [0, 0.1) is 0 Å². The number of benzene rings is 2. The number of nitrogens with one attached hydrogen (secondary N) is 2. The molecular formula is C27H30N6O3S. The predicted octanol–water partition coefficient (Wildman–Crippen LogP) is 3.13. The van der Waals surface area contributed by atoms with Crippen molar-refractivity contribution in [2.24, 2.45) is 0 Å². The SMILES string of the molecule is S=C(NCc1ccc2c(c1)OCCO2)Nc1nc(N2CCOCC2)cc(N2CCc3ccccc3C2)n1. The molecule has 10 heteroatoms. The van der Waals surface area contributed by atoms with Crippen LogP contribution in [0.4, 0.5) is 17.6 Å². The third kappa shape index (κ3) is 5.55. The van der Waals surface area contributed by atoms with E-state index in [1.165, 1.54) is 11.1 Å². The number of thiocarbonyl (C=S) groups is 1. The van der Waals surface area contributed by atoms with Crippen molar-refractivity contribution in [3.63, 3.8) is 0 Å². The zero-order valence-corrected chi connectivity index (χ0v) is 21.4. The Hall–Kier alpha value is -3.63. The van der Waals surface area contributed by atoms with E-state index in [0.29, 0.717) is 44.0 Å². The molecule has 0 aliphatic carbocycles. The predicted molar refractivity (Wildman–Crippen MR) is 147 cm³/mol. The molecule has 0 unspecified atom stereocenters. The molecule has 192 valence electrons. The Kier molecular flexibility index (Phi) is 6.92. The van der Waals surface area contributed by atoms with Crippen LogP contribution in [0.5, 0.6) is 11.5 Å². The largest absolute Gasteiger partial charge is 0.486 e. The Morgan fingerprint density at radius 1 is 0.838 bits per heavy atom. The number of fused-ring (bicyclic) bond motifs is 2. The van der Waals surface area contributed by atoms with Crippen molar-refractivity contribution in [2.45, 2.75) is 19.5 Å². The van der Waals surface area contributed by atoms with E-state index in [-0.39, 0.29) is 0 Å². The van der Waals surface area contributed by atoms with Crippen LogP contribution in [-0.2, 0) is 24.2 Å². The van der Waals surface area contributed by atoms with E-state index in [1.807, 2.05) is 18.2 Å². The fourth-order valence-corrected chi connectivity index (χ4v) is 4.97. The van der Waals surface area contributed by atoms with Crippen LogP contribution < -0.4 is 29.9 Å². The molecule has 1 aromatic heterocycles. The van der Waals surface area contributed by atoms with Crippen LogP contribution in [0.2, 0.25) is 0 Å². The van der Waals surface area contributed by atoms with Gasteiger partial charge in [-0.15, -0.1) is 0 Å². The molecule has 37 heavy (non-hydrogen) atoms. The van der Waals surface area contributed by atoms with Crippen LogP contribution in [0.25, 0.3) is 0 Å². The first kappa shape index (κ1) is 23.7. The van der Waals surface area contributed by atoms with Crippen LogP contribution in [-0.4, -0.2) is 61.1 Å². The topological polar surface area (TPSA) is 84.0 Å². The third-order valence-electron chi connectivity index (χ3n) is 6.77. The molecule has 3 aliphatic heterocycles. The van der Waals surface area contributed by atoms with Crippen molar-refractivity contribution in [1.29, 1.82) is 0 Å². The fraction of sp³-hybridized carbons (Fsp3) is 0.370. The van der Waals surface area contributed by atoms with Gasteiger partial charge in [-0.3, -0.25) is 0 Å². The summed E-state index contributed by atoms with van der Waals surface area (Å²) >= 11 is 5.60. The molecule has 0 atom stereocenters. The van der Waals surface area contributed by atoms with Gasteiger partial charge in [0.15, 0.2) is 16.6 Å². The summed E-state index contributed by atoms with van der Waals surface area (Å²) in [5.41, 5.74) is 3.79. The average Bonchev–Trinajstić information content (AvgIpc) is 2.96. The van der Waals surface area contributed by atoms with Gasteiger partial charge in [0.05, 0.1) is 13.2 Å². The summed E-state index contributed by atoms with van der Waals surface area (Å²) in [5, 5.41) is 6.93. The third-order valence-corrected chi connectivity index (χ3v) is 7.02. The highest BCUT2D eigenvalue weighted by Gasteiger charge is 2.21. The monoisotopic (exact) mass is 518 g/mol. The van der Waals surface area contributed by atoms with Gasteiger partial charge in [-0.1, -0.05) is 30.3 Å². The quantitative estimate of drug-likeness (QED) is 0.492. The molecule has 0 radical (unpaired) electrons. The van der Waals surface area contributed by atoms with Crippen molar-refractivity contribution >= 4 is 34.9 Å². The Balaban J connectivity index is 1.18. The molecule has 3 aromatic rings. The maximum Gasteiger partial charge on any atom is 0.232 e. The highest BCUT2D eigenvalue weighted by molar-refractivity contribution is 7.80. The number of rotatable bonds is 5. The van der Waals surface area contributed by atoms with Crippen molar-refractivity contribution in [3.05, 3.63) is 65.2 Å². The lowest BCUT2D eigenvalue weighted by atomic mass is 10.00. The van der Waals surface area contributed by atoms with Crippen LogP contribution in [0.15, 0.2) is 48.5 Å². The first-order valence-electron chi connectivity index (χ1n) is 12.7. The normalized spacial score (nSPS) is 16.6. The number of nitrogens with zero attached hydrogens (tertiary/aromatic N) is 4. The van der Waals surface area contributed by atoms with E-state index in [4.69, 9.17) is 36.4 Å². The second kappa shape index (κ2) is 10.8. The first-order valence-corrected chi connectivity index (χ1v) is 13.1. The summed E-state index contributed by atoms with van der Waals surface area (Å²) in [4.78, 5) is 14.2. The van der Waals surface area contributed by atoms with E-state index in [2.05, 4.69) is 50.8 Å². The standard InChI is InChI=1S/C27H30N6O3S/c37-27(28-17-19-5-6-22-23(15-19)36-14-13-35-22)31-26-29-24(32-9-11-34-12-10-32)16-25(30-26)33-8-7-20-3-1-2-4-21(20)18-33/h1-6,15-16H,7-14,17-18H2,(H2,28,29,30,31,37). The van der Waals surface area contributed by atoms with E-state index in [0.717, 1.165) is 61.3 Å². The van der Waals surface area contributed by atoms with Gasteiger partial charge in [0.25, 0.3) is 0 Å². The molecule has 4 heterocycles. The van der Waals surface area contributed by atoms with E-state index < -0.39 is 0 Å². The molecule has 9 nitrogen and oxygen atoms in total. The van der Waals surface area contributed by atoms with Gasteiger partial charge in [-0.2, -0.15) is 9.97 Å². The summed E-state index contributed by atoms with van der Waals surface area (Å²) in [5.74, 6) is 3.79. The lowest BCUT2D eigenvalue weighted by Crippen LogP contribution is -2.38. The molecule has 1 fully saturated rings. The van der Waals surface area contributed by atoms with Gasteiger partial charge in [0, 0.05) is 38.8 Å². The molecule has 0 spiro atoms. The maximum absolute atomic E-state index is 5.69. The van der Waals surface area contributed by atoms with Crippen molar-refractivity contribution in [2.75, 3.05) is 61.2 Å². The van der Waals surface area contributed by atoms with Gasteiger partial charge in [0.2, 0.25) is 5.95 Å². The van der Waals surface area contributed by atoms with Gasteiger partial charge < -0.3 is 34.6 Å². The zero-order valence-electron chi connectivity index (χ0n) is 20.6. The number of morpholine rings is 1. The van der Waals surface area contributed by atoms with Gasteiger partial charge in [-0.05, 0) is 47.5 Å². The van der Waals surface area contributed by atoms with E-state index in [1.54, 1.807) is 0 Å². The number of hydrogen-bond acceptors (Lipinski definition) is 8.